The molecule has 1 aromatic heterocycles. The number of sulfone groups is 1. The van der Waals surface area contributed by atoms with Gasteiger partial charge in [-0.2, -0.15) is 5.26 Å². The molecule has 0 spiro atoms. The molecule has 1 rings (SSSR count). The van der Waals surface area contributed by atoms with Crippen LogP contribution in [0.25, 0.3) is 0 Å². The number of rotatable bonds is 2. The first-order valence-electron chi connectivity index (χ1n) is 4.00. The van der Waals surface area contributed by atoms with Crippen LogP contribution in [0, 0.1) is 11.3 Å². The second-order valence-electron chi connectivity index (χ2n) is 2.93. The fraction of sp³-hybridized carbons (Fsp3) is 0.250. The van der Waals surface area contributed by atoms with Gasteiger partial charge in [0.1, 0.15) is 11.0 Å². The Morgan fingerprint density at radius 2 is 2.00 bits per heavy atom. The van der Waals surface area contributed by atoms with Crippen molar-refractivity contribution in [1.82, 2.24) is 4.98 Å². The van der Waals surface area contributed by atoms with Gasteiger partial charge in [-0.05, 0) is 6.07 Å². The SMILES string of the molecule is CS(=O)(=O)c1ccc(OC(F)(F)F)nc1C#N. The van der Waals surface area contributed by atoms with Gasteiger partial charge in [0.05, 0.1) is 0 Å². The van der Waals surface area contributed by atoms with Gasteiger partial charge in [0.25, 0.3) is 0 Å². The fourth-order valence-corrected chi connectivity index (χ4v) is 1.74. The Labute approximate surface area is 94.4 Å². The highest BCUT2D eigenvalue weighted by atomic mass is 32.2. The van der Waals surface area contributed by atoms with Crippen LogP contribution in [0.15, 0.2) is 17.0 Å². The molecule has 1 aromatic rings. The largest absolute Gasteiger partial charge is 0.574 e. The van der Waals surface area contributed by atoms with Crippen LogP contribution >= 0.6 is 0 Å². The molecule has 9 heteroatoms. The number of halogens is 3. The smallest absolute Gasteiger partial charge is 0.388 e. The maximum absolute atomic E-state index is 11.8. The third-order valence-corrected chi connectivity index (χ3v) is 2.69. The first kappa shape index (κ1) is 13.2. The zero-order valence-electron chi connectivity index (χ0n) is 8.32. The number of ether oxygens (including phenoxy) is 1. The average Bonchev–Trinajstić information content (AvgIpc) is 2.13. The molecule has 0 amide bonds. The monoisotopic (exact) mass is 266 g/mol. The molecular weight excluding hydrogens is 261 g/mol. The zero-order chi connectivity index (χ0) is 13.3. The van der Waals surface area contributed by atoms with Crippen molar-refractivity contribution in [2.45, 2.75) is 11.3 Å². The van der Waals surface area contributed by atoms with Gasteiger partial charge in [-0.25, -0.2) is 13.4 Å². The van der Waals surface area contributed by atoms with Gasteiger partial charge < -0.3 is 4.74 Å². The van der Waals surface area contributed by atoms with E-state index in [-0.39, 0.29) is 0 Å². The summed E-state index contributed by atoms with van der Waals surface area (Å²) in [5, 5.41) is 8.59. The zero-order valence-corrected chi connectivity index (χ0v) is 9.13. The third-order valence-electron chi connectivity index (χ3n) is 1.56. The lowest BCUT2D eigenvalue weighted by Gasteiger charge is -2.08. The van der Waals surface area contributed by atoms with Crippen molar-refractivity contribution in [3.8, 4) is 11.9 Å². The molecule has 1 heterocycles. The van der Waals surface area contributed by atoms with Crippen LogP contribution in [0.2, 0.25) is 0 Å². The highest BCUT2D eigenvalue weighted by molar-refractivity contribution is 7.90. The van der Waals surface area contributed by atoms with E-state index in [1.54, 1.807) is 0 Å². The summed E-state index contributed by atoms with van der Waals surface area (Å²) in [5.41, 5.74) is -0.644. The summed E-state index contributed by atoms with van der Waals surface area (Å²) in [6.07, 6.45) is -4.14. The molecule has 0 aliphatic heterocycles. The molecule has 0 saturated carbocycles. The van der Waals surface area contributed by atoms with Gasteiger partial charge in [0.2, 0.25) is 5.88 Å². The molecule has 5 nitrogen and oxygen atoms in total. The van der Waals surface area contributed by atoms with Crippen LogP contribution in [0.3, 0.4) is 0 Å². The van der Waals surface area contributed by atoms with Crippen molar-refractivity contribution in [3.63, 3.8) is 0 Å². The van der Waals surface area contributed by atoms with Crippen molar-refractivity contribution >= 4 is 9.84 Å². The van der Waals surface area contributed by atoms with E-state index in [0.29, 0.717) is 0 Å². The van der Waals surface area contributed by atoms with E-state index in [2.05, 4.69) is 9.72 Å². The van der Waals surface area contributed by atoms with Gasteiger partial charge >= 0.3 is 6.36 Å². The van der Waals surface area contributed by atoms with Crippen LogP contribution in [0.5, 0.6) is 5.88 Å². The molecule has 92 valence electrons. The topological polar surface area (TPSA) is 80.1 Å². The Balaban J connectivity index is 3.25. The number of alkyl halides is 3. The molecule has 0 N–H and O–H groups in total. The average molecular weight is 266 g/mol. The Morgan fingerprint density at radius 3 is 2.41 bits per heavy atom. The highest BCUT2D eigenvalue weighted by Crippen LogP contribution is 2.23. The first-order valence-corrected chi connectivity index (χ1v) is 5.89. The van der Waals surface area contributed by atoms with E-state index >= 15 is 0 Å². The normalized spacial score (nSPS) is 11.9. The standard InChI is InChI=1S/C8H5F3N2O3S/c1-17(14,15)6-2-3-7(13-5(6)4-12)16-8(9,10)11/h2-3H,1H3. The Morgan fingerprint density at radius 1 is 1.41 bits per heavy atom. The molecule has 0 radical (unpaired) electrons. The van der Waals surface area contributed by atoms with Crippen molar-refractivity contribution < 1.29 is 26.3 Å². The summed E-state index contributed by atoms with van der Waals surface area (Å²) in [6.45, 7) is 0. The highest BCUT2D eigenvalue weighted by Gasteiger charge is 2.32. The lowest BCUT2D eigenvalue weighted by Crippen LogP contribution is -2.18. The van der Waals surface area contributed by atoms with E-state index in [1.165, 1.54) is 6.07 Å². The summed E-state index contributed by atoms with van der Waals surface area (Å²) in [7, 11) is -3.73. The summed E-state index contributed by atoms with van der Waals surface area (Å²) >= 11 is 0. The molecule has 0 aliphatic rings. The minimum absolute atomic E-state index is 0.450. The van der Waals surface area contributed by atoms with Gasteiger partial charge in [-0.1, -0.05) is 0 Å². The predicted octanol–water partition coefficient (Wildman–Crippen LogP) is 1.26. The second-order valence-corrected chi connectivity index (χ2v) is 4.91. The lowest BCUT2D eigenvalue weighted by molar-refractivity contribution is -0.276. The first-order chi connectivity index (χ1) is 7.63. The maximum Gasteiger partial charge on any atom is 0.574 e. The van der Waals surface area contributed by atoms with Crippen LogP contribution in [-0.2, 0) is 9.84 Å². The van der Waals surface area contributed by atoms with E-state index < -0.39 is 32.7 Å². The second kappa shape index (κ2) is 4.21. The molecule has 0 unspecified atom stereocenters. The fourth-order valence-electron chi connectivity index (χ4n) is 0.983. The predicted molar refractivity (Wildman–Crippen MR) is 48.7 cm³/mol. The van der Waals surface area contributed by atoms with Crippen molar-refractivity contribution in [2.24, 2.45) is 0 Å². The molecule has 17 heavy (non-hydrogen) atoms. The van der Waals surface area contributed by atoms with Gasteiger partial charge in [-0.15, -0.1) is 13.2 Å². The van der Waals surface area contributed by atoms with Crippen LogP contribution in [-0.4, -0.2) is 26.0 Å². The molecule has 0 aliphatic carbocycles. The van der Waals surface area contributed by atoms with Crippen LogP contribution in [0.4, 0.5) is 13.2 Å². The van der Waals surface area contributed by atoms with Crippen molar-refractivity contribution in [3.05, 3.63) is 17.8 Å². The van der Waals surface area contributed by atoms with Crippen LogP contribution in [0.1, 0.15) is 5.69 Å². The van der Waals surface area contributed by atoms with E-state index in [1.807, 2.05) is 0 Å². The van der Waals surface area contributed by atoms with Gasteiger partial charge in [0, 0.05) is 12.3 Å². The van der Waals surface area contributed by atoms with E-state index in [4.69, 9.17) is 5.26 Å². The summed E-state index contributed by atoms with van der Waals surface area (Å²) in [4.78, 5) is 2.71. The Kier molecular flexibility index (Phi) is 3.28. The summed E-state index contributed by atoms with van der Waals surface area (Å²) in [6, 6.07) is 2.95. The minimum atomic E-state index is -4.95. The quantitative estimate of drug-likeness (QED) is 0.804. The Hall–Kier alpha value is -1.82. The number of aromatic nitrogens is 1. The molecular formula is C8H5F3N2O3S. The van der Waals surface area contributed by atoms with Crippen molar-refractivity contribution in [1.29, 1.82) is 5.26 Å². The molecule has 0 aromatic carbocycles. The number of nitrogens with zero attached hydrogens (tertiary/aromatic N) is 2. The third kappa shape index (κ3) is 3.60. The van der Waals surface area contributed by atoms with Crippen LogP contribution < -0.4 is 4.74 Å². The molecule has 0 atom stereocenters. The summed E-state index contributed by atoms with van der Waals surface area (Å²) in [5.74, 6) is -0.888. The van der Waals surface area contributed by atoms with E-state index in [9.17, 15) is 21.6 Å². The maximum atomic E-state index is 11.8. The molecule has 0 saturated heterocycles. The number of hydrogen-bond acceptors (Lipinski definition) is 5. The summed E-state index contributed by atoms with van der Waals surface area (Å²) < 4.78 is 61.3. The molecule has 0 bridgehead atoms. The number of pyridine rings is 1. The lowest BCUT2D eigenvalue weighted by atomic mass is 10.4. The Bertz CT molecular complexity index is 575. The van der Waals surface area contributed by atoms with Crippen molar-refractivity contribution in [2.75, 3.05) is 6.26 Å². The van der Waals surface area contributed by atoms with E-state index in [0.717, 1.165) is 18.4 Å². The van der Waals surface area contributed by atoms with Gasteiger partial charge in [0.15, 0.2) is 15.5 Å². The van der Waals surface area contributed by atoms with Gasteiger partial charge in [-0.3, -0.25) is 0 Å². The molecule has 0 fully saturated rings. The number of hydrogen-bond donors (Lipinski definition) is 0. The minimum Gasteiger partial charge on any atom is -0.388 e. The number of nitriles is 1.